The maximum Gasteiger partial charge on any atom is 0.235 e. The fourth-order valence-corrected chi connectivity index (χ4v) is 3.16. The van der Waals surface area contributed by atoms with Crippen LogP contribution >= 0.6 is 27.5 Å². The summed E-state index contributed by atoms with van der Waals surface area (Å²) < 4.78 is 0.845. The molecule has 1 aromatic rings. The maximum atomic E-state index is 10.6. The molecule has 0 aromatic heterocycles. The van der Waals surface area contributed by atoms with Crippen molar-refractivity contribution in [3.05, 3.63) is 33.3 Å². The molecule has 0 saturated heterocycles. The monoisotopic (exact) mass is 299 g/mol. The Morgan fingerprint density at radius 2 is 2.06 bits per heavy atom. The first-order valence-corrected chi connectivity index (χ1v) is 6.40. The van der Waals surface area contributed by atoms with Crippen molar-refractivity contribution in [2.45, 2.75) is 31.2 Å². The average Bonchev–Trinajstić information content (AvgIpc) is 2.72. The summed E-state index contributed by atoms with van der Waals surface area (Å²) in [4.78, 5) is 14.6. The van der Waals surface area contributed by atoms with E-state index in [0.29, 0.717) is 5.02 Å². The molecular weight excluding hydrogens is 289 g/mol. The van der Waals surface area contributed by atoms with E-state index in [1.807, 2.05) is 18.2 Å². The lowest BCUT2D eigenvalue weighted by Crippen LogP contribution is -2.19. The van der Waals surface area contributed by atoms with Gasteiger partial charge in [-0.05, 0) is 40.4 Å². The van der Waals surface area contributed by atoms with Crippen molar-refractivity contribution < 1.29 is 4.79 Å². The maximum absolute atomic E-state index is 10.6. The Hall–Kier alpha value is -0.630. The first kappa shape index (κ1) is 11.8. The van der Waals surface area contributed by atoms with E-state index in [1.165, 1.54) is 0 Å². The van der Waals surface area contributed by atoms with Crippen LogP contribution in [0.1, 0.15) is 31.2 Å². The average molecular weight is 301 g/mol. The third-order valence-electron chi connectivity index (χ3n) is 3.14. The van der Waals surface area contributed by atoms with Crippen LogP contribution in [0.2, 0.25) is 5.02 Å². The smallest absolute Gasteiger partial charge is 0.211 e. The number of rotatable bonds is 2. The first-order valence-electron chi connectivity index (χ1n) is 5.23. The predicted molar refractivity (Wildman–Crippen MR) is 67.4 cm³/mol. The second-order valence-corrected chi connectivity index (χ2v) is 5.24. The number of carbonyl (C=O) groups excluding carboxylic acids is 1. The zero-order chi connectivity index (χ0) is 11.6. The highest BCUT2D eigenvalue weighted by atomic mass is 79.9. The highest BCUT2D eigenvalue weighted by Gasteiger charge is 2.37. The largest absolute Gasteiger partial charge is 0.235 e. The molecule has 1 aromatic carbocycles. The summed E-state index contributed by atoms with van der Waals surface area (Å²) in [5.74, 6) is 0. The minimum absolute atomic E-state index is 0.411. The molecule has 0 unspecified atom stereocenters. The molecule has 2 rings (SSSR count). The van der Waals surface area contributed by atoms with Gasteiger partial charge in [-0.25, -0.2) is 4.79 Å². The molecule has 0 heterocycles. The number of aliphatic imine (C=N–C) groups is 1. The van der Waals surface area contributed by atoms with E-state index in [0.717, 1.165) is 35.7 Å². The zero-order valence-electron chi connectivity index (χ0n) is 8.67. The summed E-state index contributed by atoms with van der Waals surface area (Å²) in [6, 6.07) is 5.69. The molecule has 84 valence electrons. The first-order chi connectivity index (χ1) is 7.69. The van der Waals surface area contributed by atoms with Crippen LogP contribution in [0, 0.1) is 0 Å². The van der Waals surface area contributed by atoms with Gasteiger partial charge >= 0.3 is 0 Å². The molecule has 0 N–H and O–H groups in total. The molecule has 1 saturated carbocycles. The van der Waals surface area contributed by atoms with Crippen molar-refractivity contribution in [1.82, 2.24) is 0 Å². The minimum atomic E-state index is -0.411. The molecule has 0 radical (unpaired) electrons. The molecule has 1 fully saturated rings. The highest BCUT2D eigenvalue weighted by molar-refractivity contribution is 9.10. The molecule has 16 heavy (non-hydrogen) atoms. The van der Waals surface area contributed by atoms with Crippen molar-refractivity contribution in [2.75, 3.05) is 0 Å². The van der Waals surface area contributed by atoms with Gasteiger partial charge in [0.25, 0.3) is 0 Å². The summed E-state index contributed by atoms with van der Waals surface area (Å²) in [6.45, 7) is 0. The molecule has 2 nitrogen and oxygen atoms in total. The Bertz CT molecular complexity index is 448. The van der Waals surface area contributed by atoms with E-state index in [2.05, 4.69) is 20.9 Å². The van der Waals surface area contributed by atoms with Crippen molar-refractivity contribution >= 4 is 33.6 Å². The van der Waals surface area contributed by atoms with E-state index in [1.54, 1.807) is 6.08 Å². The Balaban J connectivity index is 2.55. The highest BCUT2D eigenvalue weighted by Crippen LogP contribution is 2.46. The predicted octanol–water partition coefficient (Wildman–Crippen LogP) is 4.21. The van der Waals surface area contributed by atoms with Gasteiger partial charge in [0.1, 0.15) is 0 Å². The molecule has 0 atom stereocenters. The third kappa shape index (κ3) is 1.95. The molecule has 0 bridgehead atoms. The van der Waals surface area contributed by atoms with Gasteiger partial charge < -0.3 is 0 Å². The van der Waals surface area contributed by atoms with Crippen molar-refractivity contribution in [2.24, 2.45) is 4.99 Å². The normalized spacial score (nSPS) is 18.1. The van der Waals surface area contributed by atoms with Crippen LogP contribution in [-0.4, -0.2) is 6.08 Å². The van der Waals surface area contributed by atoms with E-state index in [4.69, 9.17) is 11.6 Å². The van der Waals surface area contributed by atoms with E-state index < -0.39 is 5.54 Å². The standard InChI is InChI=1S/C12H11BrClNO/c13-11-9(4-3-5-10(11)14)12(15-8-16)6-1-2-7-12/h3-5H,1-2,6-7H2. The molecule has 4 heteroatoms. The summed E-state index contributed by atoms with van der Waals surface area (Å²) in [5.41, 5.74) is 0.590. The molecule has 1 aliphatic rings. The van der Waals surface area contributed by atoms with Gasteiger partial charge in [-0.3, -0.25) is 0 Å². The van der Waals surface area contributed by atoms with Crippen LogP contribution < -0.4 is 0 Å². The van der Waals surface area contributed by atoms with E-state index >= 15 is 0 Å². The van der Waals surface area contributed by atoms with Gasteiger partial charge in [0.15, 0.2) is 0 Å². The topological polar surface area (TPSA) is 29.4 Å². The van der Waals surface area contributed by atoms with Gasteiger partial charge in [-0.15, -0.1) is 0 Å². The second-order valence-electron chi connectivity index (χ2n) is 4.04. The van der Waals surface area contributed by atoms with Crippen molar-refractivity contribution in [3.63, 3.8) is 0 Å². The molecule has 0 amide bonds. The summed E-state index contributed by atoms with van der Waals surface area (Å²) in [6.07, 6.45) is 5.66. The van der Waals surface area contributed by atoms with Gasteiger partial charge in [-0.2, -0.15) is 4.99 Å². The lowest BCUT2D eigenvalue weighted by molar-refractivity contribution is 0.454. The SMILES string of the molecule is O=C=NC1(c2cccc(Cl)c2Br)CCCC1. The second kappa shape index (κ2) is 4.70. The Morgan fingerprint density at radius 1 is 1.38 bits per heavy atom. The Kier molecular flexibility index (Phi) is 3.48. The van der Waals surface area contributed by atoms with Crippen LogP contribution in [0.5, 0.6) is 0 Å². The lowest BCUT2D eigenvalue weighted by Gasteiger charge is -2.24. The third-order valence-corrected chi connectivity index (χ3v) is 4.54. The number of hydrogen-bond donors (Lipinski definition) is 0. The van der Waals surface area contributed by atoms with Gasteiger partial charge in [0, 0.05) is 4.47 Å². The number of isocyanates is 1. The van der Waals surface area contributed by atoms with Gasteiger partial charge in [0.05, 0.1) is 10.6 Å². The number of benzene rings is 1. The number of nitrogens with zero attached hydrogens (tertiary/aromatic N) is 1. The number of hydrogen-bond acceptors (Lipinski definition) is 2. The summed E-state index contributed by atoms with van der Waals surface area (Å²) >= 11 is 9.54. The summed E-state index contributed by atoms with van der Waals surface area (Å²) in [5, 5.41) is 0.657. The minimum Gasteiger partial charge on any atom is -0.211 e. The van der Waals surface area contributed by atoms with Crippen molar-refractivity contribution in [3.8, 4) is 0 Å². The molecule has 1 aliphatic carbocycles. The van der Waals surface area contributed by atoms with E-state index in [-0.39, 0.29) is 0 Å². The van der Waals surface area contributed by atoms with E-state index in [9.17, 15) is 4.79 Å². The van der Waals surface area contributed by atoms with Crippen LogP contribution in [0.3, 0.4) is 0 Å². The zero-order valence-corrected chi connectivity index (χ0v) is 11.0. The van der Waals surface area contributed by atoms with Gasteiger partial charge in [0.2, 0.25) is 6.08 Å². The van der Waals surface area contributed by atoms with Crippen LogP contribution in [0.4, 0.5) is 0 Å². The fraction of sp³-hybridized carbons (Fsp3) is 0.417. The van der Waals surface area contributed by atoms with Gasteiger partial charge in [-0.1, -0.05) is 36.6 Å². The summed E-state index contributed by atoms with van der Waals surface area (Å²) in [7, 11) is 0. The Labute approximate surface area is 108 Å². The quantitative estimate of drug-likeness (QED) is 0.594. The molecule has 0 aliphatic heterocycles. The molecular formula is C12H11BrClNO. The lowest BCUT2D eigenvalue weighted by atomic mass is 9.89. The van der Waals surface area contributed by atoms with Crippen molar-refractivity contribution in [1.29, 1.82) is 0 Å². The number of halogens is 2. The fourth-order valence-electron chi connectivity index (χ4n) is 2.35. The van der Waals surface area contributed by atoms with Crippen LogP contribution in [0.15, 0.2) is 27.7 Å². The molecule has 0 spiro atoms. The van der Waals surface area contributed by atoms with Crippen LogP contribution in [0.25, 0.3) is 0 Å². The Morgan fingerprint density at radius 3 is 2.69 bits per heavy atom. The van der Waals surface area contributed by atoms with Crippen LogP contribution in [-0.2, 0) is 10.3 Å².